The molecule has 1 saturated heterocycles. The zero-order valence-electron chi connectivity index (χ0n) is 13.9. The van der Waals surface area contributed by atoms with Crippen molar-refractivity contribution >= 4 is 5.97 Å². The van der Waals surface area contributed by atoms with Crippen LogP contribution in [0.2, 0.25) is 0 Å². The first-order chi connectivity index (χ1) is 11.6. The van der Waals surface area contributed by atoms with Crippen molar-refractivity contribution in [1.29, 1.82) is 0 Å². The Hall–Kier alpha value is -2.17. The van der Waals surface area contributed by atoms with Crippen LogP contribution in [0.15, 0.2) is 54.6 Å². The Labute approximate surface area is 142 Å². The molecular formula is C20H23NO3. The lowest BCUT2D eigenvalue weighted by molar-refractivity contribution is -0.204. The maximum absolute atomic E-state index is 11.4. The predicted molar refractivity (Wildman–Crippen MR) is 92.9 cm³/mol. The molecule has 24 heavy (non-hydrogen) atoms. The average Bonchev–Trinajstić information content (AvgIpc) is 2.63. The van der Waals surface area contributed by atoms with E-state index in [9.17, 15) is 9.90 Å². The lowest BCUT2D eigenvalue weighted by Crippen LogP contribution is -2.34. The summed E-state index contributed by atoms with van der Waals surface area (Å²) < 4.78 is 0. The van der Waals surface area contributed by atoms with Gasteiger partial charge in [-0.2, -0.15) is 5.06 Å². The number of carbonyl (C=O) groups is 1. The zero-order chi connectivity index (χ0) is 16.9. The van der Waals surface area contributed by atoms with Gasteiger partial charge >= 0.3 is 5.97 Å². The van der Waals surface area contributed by atoms with Crippen LogP contribution in [0.3, 0.4) is 0 Å². The predicted octanol–water partition coefficient (Wildman–Crippen LogP) is 4.26. The maximum Gasteiger partial charge on any atom is 0.335 e. The number of hydrogen-bond acceptors (Lipinski definition) is 3. The number of nitrogens with zero attached hydrogens (tertiary/aromatic N) is 1. The van der Waals surface area contributed by atoms with E-state index in [4.69, 9.17) is 4.84 Å². The number of piperidine rings is 1. The number of carboxylic acids is 1. The van der Waals surface area contributed by atoms with Gasteiger partial charge in [0.1, 0.15) is 6.10 Å². The molecule has 1 atom stereocenters. The molecule has 1 aliphatic heterocycles. The summed E-state index contributed by atoms with van der Waals surface area (Å²) in [7, 11) is 0. The number of hydrogen-bond donors (Lipinski definition) is 1. The monoisotopic (exact) mass is 325 g/mol. The van der Waals surface area contributed by atoms with E-state index in [2.05, 4.69) is 19.1 Å². The molecule has 126 valence electrons. The van der Waals surface area contributed by atoms with Crippen molar-refractivity contribution in [2.24, 2.45) is 0 Å². The molecule has 0 aromatic heterocycles. The van der Waals surface area contributed by atoms with Gasteiger partial charge in [-0.1, -0.05) is 48.5 Å². The minimum atomic E-state index is -0.845. The van der Waals surface area contributed by atoms with Gasteiger partial charge in [-0.05, 0) is 42.9 Å². The highest BCUT2D eigenvalue weighted by molar-refractivity contribution is 5.89. The van der Waals surface area contributed by atoms with Gasteiger partial charge in [0, 0.05) is 13.1 Å². The Kier molecular flexibility index (Phi) is 5.28. The minimum absolute atomic E-state index is 0.0223. The van der Waals surface area contributed by atoms with Crippen LogP contribution in [0.5, 0.6) is 0 Å². The van der Waals surface area contributed by atoms with Crippen molar-refractivity contribution in [1.82, 2.24) is 5.06 Å². The second-order valence-corrected chi connectivity index (χ2v) is 6.25. The highest BCUT2D eigenvalue weighted by Crippen LogP contribution is 2.31. The van der Waals surface area contributed by atoms with E-state index in [1.165, 1.54) is 0 Å². The summed E-state index contributed by atoms with van der Waals surface area (Å²) in [5.74, 6) is -0.564. The van der Waals surface area contributed by atoms with Crippen LogP contribution >= 0.6 is 0 Å². The third kappa shape index (κ3) is 3.83. The molecule has 1 fully saturated rings. The third-order valence-electron chi connectivity index (χ3n) is 4.66. The van der Waals surface area contributed by atoms with Crippen LogP contribution in [-0.4, -0.2) is 29.2 Å². The summed E-state index contributed by atoms with van der Waals surface area (Å²) in [5.41, 5.74) is 2.53. The molecule has 4 nitrogen and oxygen atoms in total. The van der Waals surface area contributed by atoms with Crippen molar-refractivity contribution in [3.8, 4) is 0 Å². The Balaban J connectivity index is 1.59. The zero-order valence-corrected chi connectivity index (χ0v) is 13.9. The van der Waals surface area contributed by atoms with Gasteiger partial charge in [0.2, 0.25) is 0 Å². The van der Waals surface area contributed by atoms with Crippen molar-refractivity contribution in [3.05, 3.63) is 71.3 Å². The topological polar surface area (TPSA) is 49.8 Å². The Bertz CT molecular complexity index is 678. The largest absolute Gasteiger partial charge is 0.478 e. The number of rotatable bonds is 5. The summed E-state index contributed by atoms with van der Waals surface area (Å²) >= 11 is 0. The van der Waals surface area contributed by atoms with E-state index in [-0.39, 0.29) is 12.0 Å². The van der Waals surface area contributed by atoms with Crippen LogP contribution in [-0.2, 0) is 4.84 Å². The molecule has 0 saturated carbocycles. The fourth-order valence-electron chi connectivity index (χ4n) is 3.33. The second-order valence-electron chi connectivity index (χ2n) is 6.25. The summed E-state index contributed by atoms with van der Waals surface area (Å²) in [6.07, 6.45) is 1.84. The molecule has 1 N–H and O–H groups in total. The van der Waals surface area contributed by atoms with E-state index in [1.54, 1.807) is 12.1 Å². The summed E-state index contributed by atoms with van der Waals surface area (Å²) in [4.78, 5) is 17.5. The third-order valence-corrected chi connectivity index (χ3v) is 4.66. The molecule has 2 aromatic carbocycles. The molecule has 4 heteroatoms. The van der Waals surface area contributed by atoms with Gasteiger partial charge in [0.25, 0.3) is 0 Å². The van der Waals surface area contributed by atoms with Crippen molar-refractivity contribution in [3.63, 3.8) is 0 Å². The van der Waals surface area contributed by atoms with Crippen LogP contribution in [0.25, 0.3) is 0 Å². The molecule has 0 spiro atoms. The van der Waals surface area contributed by atoms with Crippen LogP contribution in [0, 0.1) is 0 Å². The Morgan fingerprint density at radius 1 is 1.08 bits per heavy atom. The van der Waals surface area contributed by atoms with Gasteiger partial charge in [0.15, 0.2) is 0 Å². The normalized spacial score (nSPS) is 17.5. The lowest BCUT2D eigenvalue weighted by atomic mass is 9.87. The van der Waals surface area contributed by atoms with Gasteiger partial charge in [-0.15, -0.1) is 0 Å². The molecule has 1 aliphatic rings. The molecule has 3 rings (SSSR count). The molecule has 1 unspecified atom stereocenters. The van der Waals surface area contributed by atoms with Gasteiger partial charge in [-0.3, -0.25) is 4.84 Å². The first-order valence-corrected chi connectivity index (χ1v) is 8.44. The van der Waals surface area contributed by atoms with E-state index in [1.807, 2.05) is 35.4 Å². The molecule has 0 bridgehead atoms. The van der Waals surface area contributed by atoms with Gasteiger partial charge in [0.05, 0.1) is 5.56 Å². The summed E-state index contributed by atoms with van der Waals surface area (Å²) in [5, 5.41) is 11.4. The van der Waals surface area contributed by atoms with E-state index >= 15 is 0 Å². The van der Waals surface area contributed by atoms with E-state index in [0.717, 1.165) is 37.1 Å². The van der Waals surface area contributed by atoms with Crippen LogP contribution < -0.4 is 0 Å². The van der Waals surface area contributed by atoms with Crippen molar-refractivity contribution in [2.75, 3.05) is 13.1 Å². The maximum atomic E-state index is 11.4. The Morgan fingerprint density at radius 3 is 2.38 bits per heavy atom. The Morgan fingerprint density at radius 2 is 1.71 bits per heavy atom. The van der Waals surface area contributed by atoms with E-state index in [0.29, 0.717) is 5.56 Å². The first kappa shape index (κ1) is 16.7. The van der Waals surface area contributed by atoms with Crippen molar-refractivity contribution in [2.45, 2.75) is 31.8 Å². The smallest absolute Gasteiger partial charge is 0.335 e. The highest BCUT2D eigenvalue weighted by atomic mass is 16.7. The first-order valence-electron chi connectivity index (χ1n) is 8.44. The molecule has 0 radical (unpaired) electrons. The fourth-order valence-corrected chi connectivity index (χ4v) is 3.33. The quantitative estimate of drug-likeness (QED) is 0.892. The highest BCUT2D eigenvalue weighted by Gasteiger charge is 2.25. The molecule has 2 aromatic rings. The minimum Gasteiger partial charge on any atom is -0.478 e. The number of benzene rings is 2. The summed E-state index contributed by atoms with van der Waals surface area (Å²) in [6, 6.07) is 17.5. The molecule has 0 aliphatic carbocycles. The van der Waals surface area contributed by atoms with Gasteiger partial charge < -0.3 is 5.11 Å². The second kappa shape index (κ2) is 7.60. The van der Waals surface area contributed by atoms with Crippen molar-refractivity contribution < 1.29 is 14.7 Å². The molecule has 1 heterocycles. The van der Waals surface area contributed by atoms with Gasteiger partial charge in [-0.25, -0.2) is 4.79 Å². The van der Waals surface area contributed by atoms with Crippen LogP contribution in [0.4, 0.5) is 0 Å². The van der Waals surface area contributed by atoms with Crippen LogP contribution in [0.1, 0.15) is 53.3 Å². The summed E-state index contributed by atoms with van der Waals surface area (Å²) in [6.45, 7) is 3.69. The SMILES string of the molecule is CC(ON1CCC(c2ccccc2C(=O)O)CC1)c1ccccc1. The number of hydroxylamine groups is 2. The molecular weight excluding hydrogens is 302 g/mol. The standard InChI is InChI=1S/C20H23NO3/c1-15(16-7-3-2-4-8-16)24-21-13-11-17(12-14-21)18-9-5-6-10-19(18)20(22)23/h2-10,15,17H,11-14H2,1H3,(H,22,23). The number of aromatic carboxylic acids is 1. The average molecular weight is 325 g/mol. The number of carboxylic acid groups (broad SMARTS) is 1. The fraction of sp³-hybridized carbons (Fsp3) is 0.350. The molecule has 0 amide bonds. The lowest BCUT2D eigenvalue weighted by Gasteiger charge is -2.33. The van der Waals surface area contributed by atoms with E-state index < -0.39 is 5.97 Å².